The summed E-state index contributed by atoms with van der Waals surface area (Å²) in [5.74, 6) is -1.68. The molecule has 0 aromatic heterocycles. The summed E-state index contributed by atoms with van der Waals surface area (Å²) in [5.41, 5.74) is 5.76. The molecular formula is C14H29NO5. The molecule has 20 heavy (non-hydrogen) atoms. The van der Waals surface area contributed by atoms with Gasteiger partial charge in [0, 0.05) is 6.42 Å². The Bertz CT molecular complexity index is 276. The SMILES string of the molecule is CCCCCCCCC1(O)O[C@H](CO)[C@@H](O)[C@H](O)[C@H]1N. The molecule has 0 aromatic rings. The van der Waals surface area contributed by atoms with Gasteiger partial charge in [0.2, 0.25) is 0 Å². The maximum absolute atomic E-state index is 10.4. The number of ether oxygens (including phenoxy) is 1. The van der Waals surface area contributed by atoms with E-state index in [1.54, 1.807) is 0 Å². The van der Waals surface area contributed by atoms with Gasteiger partial charge in [0.05, 0.1) is 12.6 Å². The van der Waals surface area contributed by atoms with Gasteiger partial charge in [-0.05, 0) is 6.42 Å². The normalized spacial score (nSPS) is 38.1. The van der Waals surface area contributed by atoms with Crippen LogP contribution in [0.2, 0.25) is 0 Å². The van der Waals surface area contributed by atoms with Crippen molar-refractivity contribution in [2.75, 3.05) is 6.61 Å². The van der Waals surface area contributed by atoms with Gasteiger partial charge in [-0.25, -0.2) is 0 Å². The van der Waals surface area contributed by atoms with Crippen molar-refractivity contribution in [3.63, 3.8) is 0 Å². The summed E-state index contributed by atoms with van der Waals surface area (Å²) in [6, 6.07) is -1.07. The predicted octanol–water partition coefficient (Wildman–Crippen LogP) is -0.134. The van der Waals surface area contributed by atoms with Crippen LogP contribution in [0.4, 0.5) is 0 Å². The fourth-order valence-electron chi connectivity index (χ4n) is 2.64. The van der Waals surface area contributed by atoms with E-state index in [4.69, 9.17) is 15.6 Å². The summed E-state index contributed by atoms with van der Waals surface area (Å²) in [4.78, 5) is 0. The van der Waals surface area contributed by atoms with Crippen molar-refractivity contribution in [2.24, 2.45) is 5.73 Å². The summed E-state index contributed by atoms with van der Waals surface area (Å²) in [6.07, 6.45) is 3.05. The smallest absolute Gasteiger partial charge is 0.184 e. The number of aliphatic hydroxyl groups is 4. The van der Waals surface area contributed by atoms with E-state index < -0.39 is 36.7 Å². The van der Waals surface area contributed by atoms with Crippen LogP contribution in [-0.2, 0) is 4.74 Å². The highest BCUT2D eigenvalue weighted by atomic mass is 16.6. The highest BCUT2D eigenvalue weighted by Crippen LogP contribution is 2.31. The summed E-state index contributed by atoms with van der Waals surface area (Å²) in [7, 11) is 0. The molecule has 1 saturated heterocycles. The molecule has 6 nitrogen and oxygen atoms in total. The number of unbranched alkanes of at least 4 members (excludes halogenated alkanes) is 5. The second-order valence-electron chi connectivity index (χ2n) is 5.71. The van der Waals surface area contributed by atoms with E-state index in [9.17, 15) is 15.3 Å². The third-order valence-electron chi connectivity index (χ3n) is 4.04. The van der Waals surface area contributed by atoms with E-state index in [-0.39, 0.29) is 0 Å². The molecule has 6 heteroatoms. The Morgan fingerprint density at radius 1 is 1.05 bits per heavy atom. The number of hydrogen-bond acceptors (Lipinski definition) is 6. The molecule has 0 aliphatic carbocycles. The molecule has 0 bridgehead atoms. The minimum Gasteiger partial charge on any atom is -0.394 e. The summed E-state index contributed by atoms with van der Waals surface area (Å²) >= 11 is 0. The first-order valence-electron chi connectivity index (χ1n) is 7.59. The highest BCUT2D eigenvalue weighted by molar-refractivity contribution is 4.98. The first-order chi connectivity index (χ1) is 9.46. The molecule has 1 rings (SSSR count). The maximum atomic E-state index is 10.4. The van der Waals surface area contributed by atoms with Crippen LogP contribution < -0.4 is 5.73 Å². The van der Waals surface area contributed by atoms with Crippen LogP contribution in [0.3, 0.4) is 0 Å². The van der Waals surface area contributed by atoms with Crippen molar-refractivity contribution in [1.82, 2.24) is 0 Å². The van der Waals surface area contributed by atoms with Gasteiger partial charge in [-0.2, -0.15) is 0 Å². The first-order valence-corrected chi connectivity index (χ1v) is 7.59. The maximum Gasteiger partial charge on any atom is 0.184 e. The lowest BCUT2D eigenvalue weighted by atomic mass is 9.88. The molecular weight excluding hydrogens is 262 g/mol. The van der Waals surface area contributed by atoms with Crippen LogP contribution in [0.15, 0.2) is 0 Å². The summed E-state index contributed by atoms with van der Waals surface area (Å²) < 4.78 is 5.32. The molecule has 0 saturated carbocycles. The van der Waals surface area contributed by atoms with Gasteiger partial charge < -0.3 is 30.9 Å². The average molecular weight is 291 g/mol. The Labute approximate surface area is 120 Å². The third-order valence-corrected chi connectivity index (χ3v) is 4.04. The van der Waals surface area contributed by atoms with Crippen LogP contribution in [0.5, 0.6) is 0 Å². The van der Waals surface area contributed by atoms with E-state index in [0.29, 0.717) is 6.42 Å². The largest absolute Gasteiger partial charge is 0.394 e. The zero-order valence-electron chi connectivity index (χ0n) is 12.2. The molecule has 0 amide bonds. The zero-order chi connectivity index (χ0) is 15.2. The molecule has 0 spiro atoms. The predicted molar refractivity (Wildman–Crippen MR) is 74.9 cm³/mol. The van der Waals surface area contributed by atoms with Gasteiger partial charge in [0.1, 0.15) is 18.3 Å². The van der Waals surface area contributed by atoms with Crippen LogP contribution in [0, 0.1) is 0 Å². The Morgan fingerprint density at radius 2 is 1.65 bits per heavy atom. The van der Waals surface area contributed by atoms with E-state index in [1.807, 2.05) is 0 Å². The molecule has 0 radical (unpaired) electrons. The van der Waals surface area contributed by atoms with Gasteiger partial charge in [0.15, 0.2) is 5.79 Å². The van der Waals surface area contributed by atoms with E-state index in [2.05, 4.69) is 6.92 Å². The lowest BCUT2D eigenvalue weighted by molar-refractivity contribution is -0.316. The quantitative estimate of drug-likeness (QED) is 0.398. The zero-order valence-corrected chi connectivity index (χ0v) is 12.2. The van der Waals surface area contributed by atoms with Crippen molar-refractivity contribution in [3.05, 3.63) is 0 Å². The minimum atomic E-state index is -1.68. The molecule has 0 aromatic carbocycles. The first kappa shape index (κ1) is 17.8. The van der Waals surface area contributed by atoms with Crippen molar-refractivity contribution < 1.29 is 25.2 Å². The monoisotopic (exact) mass is 291 g/mol. The molecule has 1 aliphatic rings. The summed E-state index contributed by atoms with van der Waals surface area (Å²) in [6.45, 7) is 1.68. The third kappa shape index (κ3) is 4.38. The standard InChI is InChI=1S/C14H29NO5/c1-2-3-4-5-6-7-8-14(19)13(15)12(18)11(17)10(9-16)20-14/h10-13,16-19H,2-9,15H2,1H3/t10-,11-,12+,13-,14?/m1/s1. The number of hydrogen-bond donors (Lipinski definition) is 5. The Balaban J connectivity index is 2.44. The van der Waals surface area contributed by atoms with E-state index >= 15 is 0 Å². The van der Waals surface area contributed by atoms with Gasteiger partial charge in [-0.3, -0.25) is 0 Å². The van der Waals surface area contributed by atoms with Gasteiger partial charge in [-0.15, -0.1) is 0 Å². The van der Waals surface area contributed by atoms with Crippen molar-refractivity contribution >= 4 is 0 Å². The highest BCUT2D eigenvalue weighted by Gasteiger charge is 2.50. The molecule has 1 aliphatic heterocycles. The second kappa shape index (κ2) is 8.26. The topological polar surface area (TPSA) is 116 Å². The fourth-order valence-corrected chi connectivity index (χ4v) is 2.64. The average Bonchev–Trinajstić information content (AvgIpc) is 2.45. The van der Waals surface area contributed by atoms with Gasteiger partial charge >= 0.3 is 0 Å². The molecule has 6 N–H and O–H groups in total. The van der Waals surface area contributed by atoms with Crippen molar-refractivity contribution in [3.8, 4) is 0 Å². The van der Waals surface area contributed by atoms with Gasteiger partial charge in [0.25, 0.3) is 0 Å². The van der Waals surface area contributed by atoms with Crippen molar-refractivity contribution in [2.45, 2.75) is 82.0 Å². The van der Waals surface area contributed by atoms with Crippen LogP contribution >= 0.6 is 0 Å². The van der Waals surface area contributed by atoms with E-state index in [1.165, 1.54) is 19.3 Å². The molecule has 5 atom stereocenters. The fraction of sp³-hybridized carbons (Fsp3) is 1.00. The lowest BCUT2D eigenvalue weighted by Crippen LogP contribution is -2.68. The molecule has 1 fully saturated rings. The Morgan fingerprint density at radius 3 is 2.25 bits per heavy atom. The Hall–Kier alpha value is -0.240. The number of nitrogens with two attached hydrogens (primary N) is 1. The Kier molecular flexibility index (Phi) is 7.36. The van der Waals surface area contributed by atoms with Crippen LogP contribution in [0.1, 0.15) is 51.9 Å². The second-order valence-corrected chi connectivity index (χ2v) is 5.71. The molecule has 120 valence electrons. The summed E-state index contributed by atoms with van der Waals surface area (Å²) in [5, 5.41) is 39.0. The van der Waals surface area contributed by atoms with Crippen LogP contribution in [0.25, 0.3) is 0 Å². The van der Waals surface area contributed by atoms with Crippen LogP contribution in [-0.4, -0.2) is 57.2 Å². The lowest BCUT2D eigenvalue weighted by Gasteiger charge is -2.46. The van der Waals surface area contributed by atoms with Gasteiger partial charge in [-0.1, -0.05) is 39.0 Å². The number of aliphatic hydroxyl groups excluding tert-OH is 3. The van der Waals surface area contributed by atoms with Crippen molar-refractivity contribution in [1.29, 1.82) is 0 Å². The number of rotatable bonds is 8. The van der Waals surface area contributed by atoms with E-state index in [0.717, 1.165) is 19.3 Å². The minimum absolute atomic E-state index is 0.292. The molecule has 1 unspecified atom stereocenters. The molecule has 1 heterocycles.